The lowest BCUT2D eigenvalue weighted by Gasteiger charge is -2.29. The molecule has 6 aliphatic rings. The quantitative estimate of drug-likeness (QED) is 0.0223. The van der Waals surface area contributed by atoms with Crippen molar-refractivity contribution in [3.05, 3.63) is 187 Å². The first-order valence-electron chi connectivity index (χ1n) is 31.1. The van der Waals surface area contributed by atoms with Crippen LogP contribution in [0.5, 0.6) is 0 Å². The van der Waals surface area contributed by atoms with Gasteiger partial charge in [0.05, 0.1) is 48.7 Å². The normalized spacial score (nSPS) is 23.3. The zero-order valence-corrected chi connectivity index (χ0v) is 58.0. The van der Waals surface area contributed by atoms with E-state index >= 15 is 0 Å². The molecule has 9 heterocycles. The van der Waals surface area contributed by atoms with Crippen LogP contribution in [-0.2, 0) is 38.1 Å². The van der Waals surface area contributed by atoms with Crippen molar-refractivity contribution in [2.45, 2.75) is 75.7 Å². The smallest absolute Gasteiger partial charge is 0.338 e. The predicted molar refractivity (Wildman–Crippen MR) is 362 cm³/mol. The van der Waals surface area contributed by atoms with Gasteiger partial charge in [0, 0.05) is 142 Å². The third-order valence-electron chi connectivity index (χ3n) is 16.0. The van der Waals surface area contributed by atoms with Gasteiger partial charge in [-0.15, -0.1) is 34.0 Å². The number of benzene rings is 3. The molecule has 0 amide bonds. The number of nitrogens with one attached hydrogen (secondary N) is 3. The molecule has 0 radical (unpaired) electrons. The number of aliphatic carboxylic acids is 1. The van der Waals surface area contributed by atoms with E-state index in [9.17, 15) is 55.7 Å². The summed E-state index contributed by atoms with van der Waals surface area (Å²) in [6, 6.07) is 8.87. The number of ether oxygens (including phenoxy) is 4. The molecular weight excluding hydrogens is 1440 g/mol. The summed E-state index contributed by atoms with van der Waals surface area (Å²) in [5.74, 6) is -3.45. The number of likely N-dealkylation sites (tertiary alicyclic amines) is 3. The largest absolute Gasteiger partial charge is 0.480 e. The van der Waals surface area contributed by atoms with Gasteiger partial charge < -0.3 is 50.2 Å². The summed E-state index contributed by atoms with van der Waals surface area (Å²) in [6.07, 6.45) is -2.43. The number of thiazole rings is 3. The molecule has 3 aromatic heterocycles. The van der Waals surface area contributed by atoms with Crippen molar-refractivity contribution in [1.82, 2.24) is 45.6 Å². The Hall–Kier alpha value is -7.73. The van der Waals surface area contributed by atoms with Crippen molar-refractivity contribution in [3.8, 4) is 0 Å². The van der Waals surface area contributed by atoms with E-state index in [0.717, 1.165) is 18.2 Å². The number of alkyl halides is 3. The second kappa shape index (κ2) is 34.3. The molecule has 9 atom stereocenters. The Kier molecular flexibility index (Phi) is 25.7. The Labute approximate surface area is 595 Å². The Morgan fingerprint density at radius 1 is 0.510 bits per heavy atom. The van der Waals surface area contributed by atoms with Crippen molar-refractivity contribution >= 4 is 110 Å². The number of esters is 3. The summed E-state index contributed by atoms with van der Waals surface area (Å²) in [4.78, 5) is 81.9. The summed E-state index contributed by atoms with van der Waals surface area (Å²) < 4.78 is 105. The molecule has 6 aromatic rings. The van der Waals surface area contributed by atoms with Crippen LogP contribution in [-0.4, -0.2) is 209 Å². The molecule has 532 valence electrons. The highest BCUT2D eigenvalue weighted by atomic mass is 35.5. The number of carbonyl (C=O) groups excluding carboxylic acids is 3. The van der Waals surface area contributed by atoms with Gasteiger partial charge >= 0.3 is 23.9 Å². The molecule has 6 N–H and O–H groups in total. The van der Waals surface area contributed by atoms with Gasteiger partial charge in [-0.25, -0.2) is 60.5 Å². The maximum absolute atomic E-state index is 14.6. The Morgan fingerprint density at radius 3 is 1.10 bits per heavy atom. The van der Waals surface area contributed by atoms with Crippen LogP contribution in [0.3, 0.4) is 0 Å². The number of aromatic nitrogens is 3. The van der Waals surface area contributed by atoms with E-state index in [1.807, 2.05) is 0 Å². The number of β-amino-alcohol motifs (C(OH)–C–C–N with tert-alkyl or cyclic N) is 2. The molecule has 12 rings (SSSR count). The first-order valence-corrected chi connectivity index (χ1v) is 34.9. The van der Waals surface area contributed by atoms with Gasteiger partial charge in [0.15, 0.2) is 32.5 Å². The summed E-state index contributed by atoms with van der Waals surface area (Å²) in [7, 11) is 0. The zero-order chi connectivity index (χ0) is 71.5. The number of aliphatic hydroxyl groups excluding tert-OH is 2. The average molecular weight is 1510 g/mol. The van der Waals surface area contributed by atoms with Gasteiger partial charge in [0.1, 0.15) is 66.8 Å². The van der Waals surface area contributed by atoms with Crippen LogP contribution in [0, 0.1) is 17.5 Å². The molecule has 6 aliphatic heterocycles. The second-order valence-electron chi connectivity index (χ2n) is 22.9. The number of hydrogen-bond donors (Lipinski definition) is 6. The van der Waals surface area contributed by atoms with Crippen molar-refractivity contribution in [1.29, 1.82) is 0 Å². The van der Waals surface area contributed by atoms with Crippen LogP contribution in [0.1, 0.15) is 70.6 Å². The van der Waals surface area contributed by atoms with Crippen molar-refractivity contribution in [2.24, 2.45) is 15.0 Å². The van der Waals surface area contributed by atoms with E-state index < -0.39 is 103 Å². The number of carboxylic acids is 1. The van der Waals surface area contributed by atoms with E-state index in [2.05, 4.69) is 45.9 Å². The molecule has 4 unspecified atom stereocenters. The fourth-order valence-electron chi connectivity index (χ4n) is 11.5. The van der Waals surface area contributed by atoms with E-state index in [0.29, 0.717) is 66.3 Å². The summed E-state index contributed by atoms with van der Waals surface area (Å²) in [5.41, 5.74) is 3.05. The van der Waals surface area contributed by atoms with Gasteiger partial charge in [-0.1, -0.05) is 53.0 Å². The SMILES string of the molecule is CCOC(=O)C1=C(CN2CC(F)C(OCC(=O)O)C2)NC(c2nccs2)=N[C@H]1c1ccc(F)cc1Cl.CCOC(=O)C1=C(CN2CC(O)C(F)C2)NC(c2nccs2)=N[C@H]1c1ccc(F)cc1Cl.CCOC(=O)C1=C(CN2C[C@@H](O)[C@H](F)C2)NC(c2nccs2)=N[C@H]1c1ccc(F)cc1Cl. The number of halogens is 9. The highest BCUT2D eigenvalue weighted by Crippen LogP contribution is 2.41. The molecule has 100 heavy (non-hydrogen) atoms. The number of rotatable bonds is 21. The Morgan fingerprint density at radius 2 is 0.830 bits per heavy atom. The molecule has 3 aromatic carbocycles. The van der Waals surface area contributed by atoms with Crippen LogP contribution in [0.2, 0.25) is 15.1 Å². The third-order valence-corrected chi connectivity index (χ3v) is 19.3. The van der Waals surface area contributed by atoms with Crippen LogP contribution in [0.4, 0.5) is 26.3 Å². The highest BCUT2D eigenvalue weighted by Gasteiger charge is 2.42. The molecule has 0 saturated carbocycles. The average Bonchev–Trinajstić information content (AvgIpc) is 1.17. The summed E-state index contributed by atoms with van der Waals surface area (Å²) >= 11 is 23.0. The molecule has 35 heteroatoms. The van der Waals surface area contributed by atoms with E-state index in [-0.39, 0.29) is 111 Å². The molecule has 3 saturated heterocycles. The number of aliphatic imine (C=N–C) groups is 3. The first kappa shape index (κ1) is 74.9. The monoisotopic (exact) mass is 1500 g/mol. The van der Waals surface area contributed by atoms with E-state index in [4.69, 9.17) is 58.9 Å². The lowest BCUT2D eigenvalue weighted by Crippen LogP contribution is -2.39. The molecular formula is C65H65Cl3F6N12O11S3. The fourth-order valence-corrected chi connectivity index (χ4v) is 14.1. The standard InChI is InChI=1S/C23H23ClF2N4O5S.2C21H21ClF2N4O3S/c1-2-34-23(33)19-16(9-30-8-15(26)17(10-30)35-11-18(31)32)28-21(22-27-5-6-36-22)29-20(19)13-4-3-12(25)7-14(13)24;2*1-2-31-21(30)17-15(9-28-8-14(24)16(29)10-28)26-19(20-25-5-6-32-20)27-18(17)12-4-3-11(23)7-13(12)22/h3-7,15,17,20H,2,8-11H2,1H3,(H,28,29)(H,31,32);2*3-7,14,16,18,29H,2,8-10H2,1H3,(H,26,27)/t15?,17?,20-;14?,16?,18-;14-,16-,18+/m001/s1. The number of amidine groups is 3. The minimum Gasteiger partial charge on any atom is -0.480 e. The molecule has 3 fully saturated rings. The van der Waals surface area contributed by atoms with Gasteiger partial charge in [-0.3, -0.25) is 29.7 Å². The topological polar surface area (TPSA) is 287 Å². The minimum absolute atomic E-state index is 0.0220. The van der Waals surface area contributed by atoms with Crippen LogP contribution >= 0.6 is 68.8 Å². The van der Waals surface area contributed by atoms with E-state index in [1.165, 1.54) is 70.4 Å². The predicted octanol–water partition coefficient (Wildman–Crippen LogP) is 8.68. The summed E-state index contributed by atoms with van der Waals surface area (Å²) in [6.45, 7) is 5.53. The number of aliphatic hydroxyl groups is 2. The van der Waals surface area contributed by atoms with Gasteiger partial charge in [0.2, 0.25) is 0 Å². The molecule has 23 nitrogen and oxygen atoms in total. The Balaban J connectivity index is 0.000000162. The molecule has 0 aliphatic carbocycles. The highest BCUT2D eigenvalue weighted by molar-refractivity contribution is 7.12. The van der Waals surface area contributed by atoms with Crippen molar-refractivity contribution < 1.29 is 79.8 Å². The van der Waals surface area contributed by atoms with Crippen LogP contribution in [0.15, 0.2) is 138 Å². The molecule has 0 bridgehead atoms. The first-order chi connectivity index (χ1) is 48.0. The lowest BCUT2D eigenvalue weighted by molar-refractivity contribution is -0.145. The van der Waals surface area contributed by atoms with Crippen LogP contribution < -0.4 is 16.0 Å². The maximum Gasteiger partial charge on any atom is 0.338 e. The van der Waals surface area contributed by atoms with Crippen molar-refractivity contribution in [3.63, 3.8) is 0 Å². The Bertz CT molecular complexity index is 3950. The lowest BCUT2D eigenvalue weighted by atomic mass is 9.95. The third kappa shape index (κ3) is 18.3. The van der Waals surface area contributed by atoms with Crippen LogP contribution in [0.25, 0.3) is 0 Å². The van der Waals surface area contributed by atoms with Gasteiger partial charge in [-0.2, -0.15) is 0 Å². The zero-order valence-electron chi connectivity index (χ0n) is 53.3. The second-order valence-corrected chi connectivity index (χ2v) is 26.8. The summed E-state index contributed by atoms with van der Waals surface area (Å²) in [5, 5.41) is 45.3. The number of hydrogen-bond acceptors (Lipinski definition) is 25. The van der Waals surface area contributed by atoms with Gasteiger partial charge in [-0.05, 0) is 57.2 Å². The number of carboxylic acid groups (broad SMARTS) is 1. The molecule has 0 spiro atoms. The number of carbonyl (C=O) groups is 4. The van der Waals surface area contributed by atoms with E-state index in [1.54, 1.807) is 70.2 Å². The van der Waals surface area contributed by atoms with Gasteiger partial charge in [0.25, 0.3) is 0 Å². The number of nitrogens with zero attached hydrogens (tertiary/aromatic N) is 9. The van der Waals surface area contributed by atoms with Crippen molar-refractivity contribution in [2.75, 3.05) is 85.3 Å². The minimum atomic E-state index is -1.41. The fraction of sp³-hybridized carbons (Fsp3) is 0.385. The maximum atomic E-state index is 14.6.